The van der Waals surface area contributed by atoms with Crippen molar-refractivity contribution in [3.63, 3.8) is 0 Å². The third kappa shape index (κ3) is 2.56. The highest BCUT2D eigenvalue weighted by Crippen LogP contribution is 2.34. The van der Waals surface area contributed by atoms with Gasteiger partial charge in [-0.05, 0) is 25.5 Å². The smallest absolute Gasteiger partial charge is 0.324 e. The summed E-state index contributed by atoms with van der Waals surface area (Å²) in [4.78, 5) is 13.7. The molecule has 1 aromatic carbocycles. The Labute approximate surface area is 108 Å². The van der Waals surface area contributed by atoms with E-state index in [1.807, 2.05) is 30.1 Å². The van der Waals surface area contributed by atoms with E-state index in [2.05, 4.69) is 12.1 Å². The van der Waals surface area contributed by atoms with Gasteiger partial charge < -0.3 is 5.11 Å². The molecule has 1 aromatic rings. The number of nitrogens with zero attached hydrogens (tertiary/aromatic N) is 1. The molecule has 0 amide bonds. The Bertz CT molecular complexity index is 396. The predicted octanol–water partition coefficient (Wildman–Crippen LogP) is 2.91. The summed E-state index contributed by atoms with van der Waals surface area (Å²) in [6.07, 6.45) is 4.74. The van der Waals surface area contributed by atoms with E-state index in [9.17, 15) is 9.90 Å². The lowest BCUT2D eigenvalue weighted by Crippen LogP contribution is -2.53. The maximum atomic E-state index is 11.7. The molecule has 1 fully saturated rings. The van der Waals surface area contributed by atoms with E-state index < -0.39 is 11.5 Å². The highest BCUT2D eigenvalue weighted by molar-refractivity contribution is 5.78. The lowest BCUT2D eigenvalue weighted by atomic mass is 9.80. The lowest BCUT2D eigenvalue weighted by molar-refractivity contribution is -0.153. The number of carboxylic acids is 1. The molecule has 1 saturated carbocycles. The fourth-order valence-corrected chi connectivity index (χ4v) is 2.90. The zero-order valence-corrected chi connectivity index (χ0v) is 10.9. The second kappa shape index (κ2) is 5.53. The van der Waals surface area contributed by atoms with Crippen LogP contribution in [-0.4, -0.2) is 28.6 Å². The second-order valence-corrected chi connectivity index (χ2v) is 5.24. The number of benzene rings is 1. The average molecular weight is 247 g/mol. The van der Waals surface area contributed by atoms with Crippen LogP contribution >= 0.6 is 0 Å². The lowest BCUT2D eigenvalue weighted by Gasteiger charge is -2.41. The van der Waals surface area contributed by atoms with Crippen molar-refractivity contribution in [2.45, 2.75) is 44.2 Å². The first-order valence-corrected chi connectivity index (χ1v) is 6.64. The molecule has 0 aromatic heterocycles. The molecule has 0 spiro atoms. The van der Waals surface area contributed by atoms with Crippen LogP contribution < -0.4 is 0 Å². The van der Waals surface area contributed by atoms with Crippen LogP contribution in [0.2, 0.25) is 0 Å². The SMILES string of the molecule is CN(Cc1ccccc1)C1(C(=O)O)CCCCC1. The van der Waals surface area contributed by atoms with Crippen LogP contribution in [0.1, 0.15) is 37.7 Å². The molecule has 0 unspecified atom stereocenters. The van der Waals surface area contributed by atoms with Gasteiger partial charge in [0, 0.05) is 6.54 Å². The van der Waals surface area contributed by atoms with E-state index in [0.717, 1.165) is 32.1 Å². The van der Waals surface area contributed by atoms with Gasteiger partial charge in [-0.25, -0.2) is 0 Å². The highest BCUT2D eigenvalue weighted by Gasteiger charge is 2.43. The van der Waals surface area contributed by atoms with E-state index >= 15 is 0 Å². The average Bonchev–Trinajstić information content (AvgIpc) is 2.40. The minimum atomic E-state index is -0.666. The number of likely N-dealkylation sites (N-methyl/N-ethyl adjacent to an activating group) is 1. The predicted molar refractivity (Wildman–Crippen MR) is 71.4 cm³/mol. The Morgan fingerprint density at radius 1 is 1.22 bits per heavy atom. The molecule has 0 bridgehead atoms. The van der Waals surface area contributed by atoms with Crippen molar-refractivity contribution >= 4 is 5.97 Å². The summed E-state index contributed by atoms with van der Waals surface area (Å²) >= 11 is 0. The van der Waals surface area contributed by atoms with Gasteiger partial charge in [0.25, 0.3) is 0 Å². The van der Waals surface area contributed by atoms with Crippen molar-refractivity contribution in [1.82, 2.24) is 4.90 Å². The van der Waals surface area contributed by atoms with Crippen molar-refractivity contribution in [3.8, 4) is 0 Å². The van der Waals surface area contributed by atoms with Gasteiger partial charge in [-0.2, -0.15) is 0 Å². The first kappa shape index (κ1) is 13.1. The maximum Gasteiger partial charge on any atom is 0.324 e. The highest BCUT2D eigenvalue weighted by atomic mass is 16.4. The van der Waals surface area contributed by atoms with Crippen LogP contribution in [0.15, 0.2) is 30.3 Å². The molecule has 0 radical (unpaired) electrons. The number of rotatable bonds is 4. The molecular formula is C15H21NO2. The summed E-state index contributed by atoms with van der Waals surface area (Å²) in [7, 11) is 1.94. The van der Waals surface area contributed by atoms with Crippen molar-refractivity contribution in [2.24, 2.45) is 0 Å². The quantitative estimate of drug-likeness (QED) is 0.889. The molecule has 98 valence electrons. The van der Waals surface area contributed by atoms with Gasteiger partial charge in [0.2, 0.25) is 0 Å². The molecule has 3 nitrogen and oxygen atoms in total. The van der Waals surface area contributed by atoms with E-state index in [1.54, 1.807) is 0 Å². The van der Waals surface area contributed by atoms with Crippen molar-refractivity contribution in [2.75, 3.05) is 7.05 Å². The van der Waals surface area contributed by atoms with Crippen LogP contribution in [0.5, 0.6) is 0 Å². The summed E-state index contributed by atoms with van der Waals surface area (Å²) in [5.41, 5.74) is 0.514. The second-order valence-electron chi connectivity index (χ2n) is 5.24. The van der Waals surface area contributed by atoms with Gasteiger partial charge in [-0.15, -0.1) is 0 Å². The number of hydrogen-bond donors (Lipinski definition) is 1. The number of hydrogen-bond acceptors (Lipinski definition) is 2. The number of aliphatic carboxylic acids is 1. The molecule has 1 aliphatic rings. The first-order valence-electron chi connectivity index (χ1n) is 6.64. The van der Waals surface area contributed by atoms with Crippen LogP contribution in [-0.2, 0) is 11.3 Å². The molecule has 18 heavy (non-hydrogen) atoms. The minimum Gasteiger partial charge on any atom is -0.480 e. The Hall–Kier alpha value is -1.35. The fraction of sp³-hybridized carbons (Fsp3) is 0.533. The van der Waals surface area contributed by atoms with E-state index in [-0.39, 0.29) is 0 Å². The van der Waals surface area contributed by atoms with Crippen molar-refractivity contribution < 1.29 is 9.90 Å². The Kier molecular flexibility index (Phi) is 4.02. The Morgan fingerprint density at radius 2 is 1.83 bits per heavy atom. The topological polar surface area (TPSA) is 40.5 Å². The Morgan fingerprint density at radius 3 is 2.39 bits per heavy atom. The monoisotopic (exact) mass is 247 g/mol. The van der Waals surface area contributed by atoms with Gasteiger partial charge in [-0.3, -0.25) is 9.69 Å². The van der Waals surface area contributed by atoms with Crippen molar-refractivity contribution in [1.29, 1.82) is 0 Å². The van der Waals surface area contributed by atoms with Crippen LogP contribution in [0, 0.1) is 0 Å². The maximum absolute atomic E-state index is 11.7. The molecule has 2 rings (SSSR count). The molecular weight excluding hydrogens is 226 g/mol. The first-order chi connectivity index (χ1) is 8.65. The third-order valence-electron chi connectivity index (χ3n) is 4.07. The standard InChI is InChI=1S/C15H21NO2/c1-16(12-13-8-4-2-5-9-13)15(14(17)18)10-6-3-7-11-15/h2,4-5,8-9H,3,6-7,10-12H2,1H3,(H,17,18). The zero-order chi connectivity index (χ0) is 13.0. The summed E-state index contributed by atoms with van der Waals surface area (Å²) in [5, 5.41) is 9.60. The van der Waals surface area contributed by atoms with Gasteiger partial charge >= 0.3 is 5.97 Å². The molecule has 0 heterocycles. The molecule has 3 heteroatoms. The molecule has 0 saturated heterocycles. The normalized spacial score (nSPS) is 18.8. The van der Waals surface area contributed by atoms with E-state index in [4.69, 9.17) is 0 Å². The Balaban J connectivity index is 2.13. The van der Waals surface area contributed by atoms with Crippen LogP contribution in [0.25, 0.3) is 0 Å². The van der Waals surface area contributed by atoms with Gasteiger partial charge in [0.15, 0.2) is 0 Å². The van der Waals surface area contributed by atoms with Gasteiger partial charge in [-0.1, -0.05) is 49.6 Å². The van der Waals surface area contributed by atoms with Gasteiger partial charge in [0.1, 0.15) is 5.54 Å². The van der Waals surface area contributed by atoms with Crippen LogP contribution in [0.4, 0.5) is 0 Å². The molecule has 0 aliphatic heterocycles. The van der Waals surface area contributed by atoms with E-state index in [1.165, 1.54) is 5.56 Å². The molecule has 1 aliphatic carbocycles. The summed E-state index contributed by atoms with van der Waals surface area (Å²) < 4.78 is 0. The molecule has 1 N–H and O–H groups in total. The third-order valence-corrected chi connectivity index (χ3v) is 4.07. The fourth-order valence-electron chi connectivity index (χ4n) is 2.90. The minimum absolute atomic E-state index is 0.659. The van der Waals surface area contributed by atoms with Crippen molar-refractivity contribution in [3.05, 3.63) is 35.9 Å². The molecule has 0 atom stereocenters. The van der Waals surface area contributed by atoms with Gasteiger partial charge in [0.05, 0.1) is 0 Å². The number of carboxylic acid groups (broad SMARTS) is 1. The van der Waals surface area contributed by atoms with Crippen LogP contribution in [0.3, 0.4) is 0 Å². The summed E-state index contributed by atoms with van der Waals surface area (Å²) in [5.74, 6) is -0.666. The van der Waals surface area contributed by atoms with E-state index in [0.29, 0.717) is 6.54 Å². The summed E-state index contributed by atoms with van der Waals surface area (Å²) in [6.45, 7) is 0.702. The largest absolute Gasteiger partial charge is 0.480 e. The zero-order valence-electron chi connectivity index (χ0n) is 10.9. The summed E-state index contributed by atoms with van der Waals surface area (Å²) in [6, 6.07) is 10.1. The number of carbonyl (C=O) groups is 1.